The predicted molar refractivity (Wildman–Crippen MR) is 97.1 cm³/mol. The van der Waals surface area contributed by atoms with Gasteiger partial charge < -0.3 is 14.8 Å². The second-order valence-electron chi connectivity index (χ2n) is 6.17. The second-order valence-corrected chi connectivity index (χ2v) is 6.17. The Balaban J connectivity index is 2.00. The van der Waals surface area contributed by atoms with Gasteiger partial charge in [0.05, 0.1) is 0 Å². The Morgan fingerprint density at radius 2 is 1.88 bits per heavy atom. The van der Waals surface area contributed by atoms with E-state index in [2.05, 4.69) is 19.2 Å². The lowest BCUT2D eigenvalue weighted by Gasteiger charge is -2.14. The van der Waals surface area contributed by atoms with Crippen LogP contribution in [0.15, 0.2) is 42.5 Å². The molecule has 2 aromatic rings. The molecule has 2 rings (SSSR count). The summed E-state index contributed by atoms with van der Waals surface area (Å²) in [4.78, 5) is 23.1. The molecule has 0 aromatic heterocycles. The molecule has 5 nitrogen and oxygen atoms in total. The molecule has 5 heteroatoms. The van der Waals surface area contributed by atoms with Gasteiger partial charge in [0.25, 0.3) is 0 Å². The molecule has 0 fully saturated rings. The van der Waals surface area contributed by atoms with Crippen LogP contribution in [-0.2, 0) is 9.59 Å². The number of amides is 1. The molecule has 0 aliphatic rings. The summed E-state index contributed by atoms with van der Waals surface area (Å²) >= 11 is 0. The number of carbonyl (C=O) groups is 2. The predicted octanol–water partition coefficient (Wildman–Crippen LogP) is 4.06. The molecule has 0 unspecified atom stereocenters. The minimum atomic E-state index is -0.504. The molecule has 1 amide bonds. The van der Waals surface area contributed by atoms with Crippen molar-refractivity contribution in [2.45, 2.75) is 33.6 Å². The largest absolute Gasteiger partial charge is 0.482 e. The third-order valence-electron chi connectivity index (χ3n) is 3.52. The van der Waals surface area contributed by atoms with Crippen LogP contribution in [0.4, 0.5) is 5.69 Å². The van der Waals surface area contributed by atoms with E-state index in [1.807, 2.05) is 25.1 Å². The van der Waals surface area contributed by atoms with Crippen molar-refractivity contribution in [3.8, 4) is 11.5 Å². The summed E-state index contributed by atoms with van der Waals surface area (Å²) in [5, 5.41) is 2.64. The summed E-state index contributed by atoms with van der Waals surface area (Å²) in [7, 11) is 0. The van der Waals surface area contributed by atoms with E-state index in [1.54, 1.807) is 24.3 Å². The molecule has 25 heavy (non-hydrogen) atoms. The first-order valence-electron chi connectivity index (χ1n) is 8.17. The Morgan fingerprint density at radius 1 is 1.12 bits per heavy atom. The topological polar surface area (TPSA) is 64.6 Å². The van der Waals surface area contributed by atoms with Crippen molar-refractivity contribution in [1.29, 1.82) is 0 Å². The van der Waals surface area contributed by atoms with Crippen molar-refractivity contribution in [3.05, 3.63) is 53.6 Å². The van der Waals surface area contributed by atoms with Crippen molar-refractivity contribution in [1.82, 2.24) is 0 Å². The summed E-state index contributed by atoms with van der Waals surface area (Å²) in [6.45, 7) is 7.35. The van der Waals surface area contributed by atoms with Crippen LogP contribution in [0.2, 0.25) is 0 Å². The minimum absolute atomic E-state index is 0.187. The van der Waals surface area contributed by atoms with Gasteiger partial charge in [-0.2, -0.15) is 0 Å². The number of carbonyl (C=O) groups excluding carboxylic acids is 2. The standard InChI is InChI=1S/C20H23NO4/c1-13(2)18-9-8-14(3)10-19(18)24-12-20(23)25-17-7-5-6-16(11-17)21-15(4)22/h5-11,13H,12H2,1-4H3,(H,21,22). The molecular formula is C20H23NO4. The lowest BCUT2D eigenvalue weighted by molar-refractivity contribution is -0.136. The molecule has 2 aromatic carbocycles. The highest BCUT2D eigenvalue weighted by molar-refractivity contribution is 5.89. The van der Waals surface area contributed by atoms with Crippen molar-refractivity contribution in [2.24, 2.45) is 0 Å². The Labute approximate surface area is 148 Å². The zero-order chi connectivity index (χ0) is 18.4. The minimum Gasteiger partial charge on any atom is -0.482 e. The third-order valence-corrected chi connectivity index (χ3v) is 3.52. The molecule has 0 aliphatic heterocycles. The van der Waals surface area contributed by atoms with Crippen LogP contribution in [0.1, 0.15) is 37.8 Å². The number of esters is 1. The number of nitrogens with one attached hydrogen (secondary N) is 1. The maximum absolute atomic E-state index is 12.1. The van der Waals surface area contributed by atoms with Gasteiger partial charge in [-0.05, 0) is 42.2 Å². The average molecular weight is 341 g/mol. The molecule has 0 saturated heterocycles. The maximum Gasteiger partial charge on any atom is 0.349 e. The Kier molecular flexibility index (Phi) is 6.17. The van der Waals surface area contributed by atoms with Gasteiger partial charge in [-0.25, -0.2) is 4.79 Å². The van der Waals surface area contributed by atoms with Gasteiger partial charge in [0.15, 0.2) is 6.61 Å². The van der Waals surface area contributed by atoms with E-state index in [-0.39, 0.29) is 12.5 Å². The van der Waals surface area contributed by atoms with E-state index in [1.165, 1.54) is 6.92 Å². The number of hydrogen-bond donors (Lipinski definition) is 1. The van der Waals surface area contributed by atoms with Gasteiger partial charge in [-0.15, -0.1) is 0 Å². The summed E-state index contributed by atoms with van der Waals surface area (Å²) in [5.74, 6) is 0.650. The first kappa shape index (κ1) is 18.5. The number of aryl methyl sites for hydroxylation is 1. The highest BCUT2D eigenvalue weighted by atomic mass is 16.6. The van der Waals surface area contributed by atoms with Crippen molar-refractivity contribution in [3.63, 3.8) is 0 Å². The summed E-state index contributed by atoms with van der Waals surface area (Å²) in [6, 6.07) is 12.6. The second kappa shape index (κ2) is 8.33. The highest BCUT2D eigenvalue weighted by Gasteiger charge is 2.12. The van der Waals surface area contributed by atoms with Crippen molar-refractivity contribution in [2.75, 3.05) is 11.9 Å². The first-order chi connectivity index (χ1) is 11.8. The quantitative estimate of drug-likeness (QED) is 0.636. The molecule has 0 spiro atoms. The van der Waals surface area contributed by atoms with Gasteiger partial charge in [0.2, 0.25) is 5.91 Å². The number of hydrogen-bond acceptors (Lipinski definition) is 4. The third kappa shape index (κ3) is 5.64. The number of benzene rings is 2. The maximum atomic E-state index is 12.1. The van der Waals surface area contributed by atoms with Gasteiger partial charge in [-0.1, -0.05) is 32.0 Å². The van der Waals surface area contributed by atoms with Gasteiger partial charge in [0, 0.05) is 18.7 Å². The zero-order valence-electron chi connectivity index (χ0n) is 15.0. The molecule has 0 atom stereocenters. The highest BCUT2D eigenvalue weighted by Crippen LogP contribution is 2.27. The van der Waals surface area contributed by atoms with E-state index < -0.39 is 5.97 Å². The van der Waals surface area contributed by atoms with E-state index in [0.29, 0.717) is 23.1 Å². The molecule has 1 N–H and O–H groups in total. The Morgan fingerprint density at radius 3 is 2.56 bits per heavy atom. The van der Waals surface area contributed by atoms with Crippen LogP contribution in [0.5, 0.6) is 11.5 Å². The fraction of sp³-hybridized carbons (Fsp3) is 0.300. The van der Waals surface area contributed by atoms with E-state index in [0.717, 1.165) is 11.1 Å². The van der Waals surface area contributed by atoms with Gasteiger partial charge >= 0.3 is 5.97 Å². The van der Waals surface area contributed by atoms with E-state index in [9.17, 15) is 9.59 Å². The monoisotopic (exact) mass is 341 g/mol. The number of anilines is 1. The Hall–Kier alpha value is -2.82. The summed E-state index contributed by atoms with van der Waals surface area (Å²) in [6.07, 6.45) is 0. The normalized spacial score (nSPS) is 10.4. The molecule has 0 radical (unpaired) electrons. The zero-order valence-corrected chi connectivity index (χ0v) is 15.0. The molecule has 0 bridgehead atoms. The molecule has 132 valence electrons. The van der Waals surface area contributed by atoms with Crippen molar-refractivity contribution < 1.29 is 19.1 Å². The molecular weight excluding hydrogens is 318 g/mol. The molecule has 0 heterocycles. The SMILES string of the molecule is CC(=O)Nc1cccc(OC(=O)COc2cc(C)ccc2C(C)C)c1. The smallest absolute Gasteiger partial charge is 0.349 e. The molecule has 0 saturated carbocycles. The van der Waals surface area contributed by atoms with Crippen molar-refractivity contribution >= 4 is 17.6 Å². The summed E-state index contributed by atoms with van der Waals surface area (Å²) in [5.41, 5.74) is 2.68. The average Bonchev–Trinajstić information content (AvgIpc) is 2.52. The number of ether oxygens (including phenoxy) is 2. The van der Waals surface area contributed by atoms with Crippen LogP contribution in [0, 0.1) is 6.92 Å². The van der Waals surface area contributed by atoms with Crippen LogP contribution in [0.3, 0.4) is 0 Å². The van der Waals surface area contributed by atoms with E-state index in [4.69, 9.17) is 9.47 Å². The van der Waals surface area contributed by atoms with Gasteiger partial charge in [0.1, 0.15) is 11.5 Å². The molecule has 0 aliphatic carbocycles. The van der Waals surface area contributed by atoms with Gasteiger partial charge in [-0.3, -0.25) is 4.79 Å². The number of rotatable bonds is 6. The van der Waals surface area contributed by atoms with Crippen LogP contribution in [0.25, 0.3) is 0 Å². The fourth-order valence-corrected chi connectivity index (χ4v) is 2.38. The summed E-state index contributed by atoms with van der Waals surface area (Å²) < 4.78 is 10.9. The fourth-order valence-electron chi connectivity index (χ4n) is 2.38. The first-order valence-corrected chi connectivity index (χ1v) is 8.17. The van der Waals surface area contributed by atoms with Crippen LogP contribution < -0.4 is 14.8 Å². The van der Waals surface area contributed by atoms with Crippen LogP contribution in [-0.4, -0.2) is 18.5 Å². The lowest BCUT2D eigenvalue weighted by atomic mass is 10.0. The van der Waals surface area contributed by atoms with Crippen LogP contribution >= 0.6 is 0 Å². The Bertz CT molecular complexity index is 768. The van der Waals surface area contributed by atoms with E-state index >= 15 is 0 Å². The lowest BCUT2D eigenvalue weighted by Crippen LogP contribution is -2.18.